The first-order valence-electron chi connectivity index (χ1n) is 8.67. The molecule has 0 spiro atoms. The molecule has 3 rings (SSSR count). The zero-order valence-electron chi connectivity index (χ0n) is 14.8. The average molecular weight is 352 g/mol. The highest BCUT2D eigenvalue weighted by atomic mass is 16.2. The van der Waals surface area contributed by atoms with Crippen molar-refractivity contribution in [3.05, 3.63) is 53.6 Å². The van der Waals surface area contributed by atoms with Crippen LogP contribution in [-0.4, -0.2) is 45.7 Å². The summed E-state index contributed by atoms with van der Waals surface area (Å²) < 4.78 is 0. The van der Waals surface area contributed by atoms with Crippen molar-refractivity contribution in [2.24, 2.45) is 0 Å². The maximum atomic E-state index is 12.6. The number of hydrogen-bond donors (Lipinski definition) is 0. The second kappa shape index (κ2) is 7.43. The van der Waals surface area contributed by atoms with E-state index in [0.717, 1.165) is 17.7 Å². The lowest BCUT2D eigenvalue weighted by Crippen LogP contribution is -2.32. The van der Waals surface area contributed by atoms with Crippen LogP contribution in [0.2, 0.25) is 0 Å². The van der Waals surface area contributed by atoms with Crippen molar-refractivity contribution in [2.75, 3.05) is 18.0 Å². The first kappa shape index (κ1) is 17.7. The molecule has 7 nitrogen and oxygen atoms in total. The van der Waals surface area contributed by atoms with Gasteiger partial charge in [0.25, 0.3) is 17.7 Å². The minimum atomic E-state index is -0.504. The van der Waals surface area contributed by atoms with Gasteiger partial charge in [0.1, 0.15) is 0 Å². The van der Waals surface area contributed by atoms with Crippen molar-refractivity contribution < 1.29 is 14.4 Å². The molecule has 1 aromatic heterocycles. The molecular weight excluding hydrogens is 332 g/mol. The van der Waals surface area contributed by atoms with E-state index in [1.165, 1.54) is 12.4 Å². The summed E-state index contributed by atoms with van der Waals surface area (Å²) in [5.74, 6) is -1.06. The van der Waals surface area contributed by atoms with E-state index in [0.29, 0.717) is 24.3 Å². The van der Waals surface area contributed by atoms with E-state index in [9.17, 15) is 14.4 Å². The van der Waals surface area contributed by atoms with Crippen LogP contribution in [0.15, 0.2) is 36.7 Å². The maximum absolute atomic E-state index is 12.6. The molecule has 1 aliphatic heterocycles. The molecule has 0 fully saturated rings. The summed E-state index contributed by atoms with van der Waals surface area (Å²) in [5, 5.41) is 0. The lowest BCUT2D eigenvalue weighted by molar-refractivity contribution is 0.0755. The number of benzene rings is 1. The van der Waals surface area contributed by atoms with E-state index in [-0.39, 0.29) is 17.3 Å². The highest BCUT2D eigenvalue weighted by Crippen LogP contribution is 2.26. The van der Waals surface area contributed by atoms with Crippen molar-refractivity contribution in [1.82, 2.24) is 14.9 Å². The highest BCUT2D eigenvalue weighted by molar-refractivity contribution is 6.33. The van der Waals surface area contributed by atoms with Gasteiger partial charge in [0.05, 0.1) is 5.69 Å². The van der Waals surface area contributed by atoms with Crippen molar-refractivity contribution in [2.45, 2.75) is 26.7 Å². The summed E-state index contributed by atoms with van der Waals surface area (Å²) in [6, 6.07) is 6.48. The van der Waals surface area contributed by atoms with Crippen molar-refractivity contribution >= 4 is 23.4 Å². The zero-order chi connectivity index (χ0) is 18.7. The number of fused-ring (bicyclic) bond motifs is 1. The van der Waals surface area contributed by atoms with E-state index in [1.807, 2.05) is 18.7 Å². The third kappa shape index (κ3) is 3.08. The number of imide groups is 1. The third-order valence-electron chi connectivity index (χ3n) is 4.16. The normalized spacial score (nSPS) is 13.1. The fourth-order valence-electron chi connectivity index (χ4n) is 2.98. The molecule has 1 aromatic carbocycles. The molecule has 0 saturated carbocycles. The van der Waals surface area contributed by atoms with Gasteiger partial charge in [0, 0.05) is 31.0 Å². The summed E-state index contributed by atoms with van der Waals surface area (Å²) in [7, 11) is 0. The second-order valence-electron chi connectivity index (χ2n) is 6.04. The molecular formula is C19H20N4O3. The average Bonchev–Trinajstić information content (AvgIpc) is 2.92. The number of carbonyl (C=O) groups excluding carboxylic acids is 3. The molecule has 3 amide bonds. The van der Waals surface area contributed by atoms with Gasteiger partial charge in [0.2, 0.25) is 0 Å². The van der Waals surface area contributed by atoms with Gasteiger partial charge in [-0.3, -0.25) is 14.4 Å². The first-order chi connectivity index (χ1) is 12.6. The van der Waals surface area contributed by atoms with Gasteiger partial charge in [-0.1, -0.05) is 13.8 Å². The fourth-order valence-corrected chi connectivity index (χ4v) is 2.98. The minimum absolute atomic E-state index is 0.0501. The molecule has 0 saturated heterocycles. The zero-order valence-corrected chi connectivity index (χ0v) is 14.8. The highest BCUT2D eigenvalue weighted by Gasteiger charge is 2.39. The van der Waals surface area contributed by atoms with Crippen LogP contribution >= 0.6 is 0 Å². The molecule has 7 heteroatoms. The standard InChI is InChI=1S/C19H20N4O3/c1-3-11-22(12-4-2)17(24)13-5-7-14(8-6-13)23-18(25)15-16(19(23)26)21-10-9-20-15/h5-10H,3-4,11-12H2,1-2H3. The lowest BCUT2D eigenvalue weighted by atomic mass is 10.1. The van der Waals surface area contributed by atoms with E-state index in [2.05, 4.69) is 9.97 Å². The SMILES string of the molecule is CCCN(CCC)C(=O)c1ccc(N2C(=O)c3nccnc3C2=O)cc1. The summed E-state index contributed by atoms with van der Waals surface area (Å²) in [4.78, 5) is 48.2. The van der Waals surface area contributed by atoms with Gasteiger partial charge in [0.15, 0.2) is 11.4 Å². The van der Waals surface area contributed by atoms with E-state index < -0.39 is 11.8 Å². The van der Waals surface area contributed by atoms with Gasteiger partial charge in [-0.25, -0.2) is 14.9 Å². The van der Waals surface area contributed by atoms with Crippen LogP contribution in [0.3, 0.4) is 0 Å². The molecule has 134 valence electrons. The van der Waals surface area contributed by atoms with Gasteiger partial charge < -0.3 is 4.90 Å². The Hall–Kier alpha value is -3.09. The van der Waals surface area contributed by atoms with Crippen LogP contribution in [0, 0.1) is 0 Å². The van der Waals surface area contributed by atoms with Crippen molar-refractivity contribution in [1.29, 1.82) is 0 Å². The number of anilines is 1. The van der Waals surface area contributed by atoms with Crippen molar-refractivity contribution in [3.8, 4) is 0 Å². The first-order valence-corrected chi connectivity index (χ1v) is 8.67. The monoisotopic (exact) mass is 352 g/mol. The van der Waals surface area contributed by atoms with Crippen LogP contribution in [-0.2, 0) is 0 Å². The molecule has 26 heavy (non-hydrogen) atoms. The summed E-state index contributed by atoms with van der Waals surface area (Å²) in [5.41, 5.74) is 1.03. The fraction of sp³-hybridized carbons (Fsp3) is 0.316. The largest absolute Gasteiger partial charge is 0.339 e. The molecule has 1 aliphatic rings. The van der Waals surface area contributed by atoms with Crippen LogP contribution in [0.1, 0.15) is 58.0 Å². The molecule has 2 heterocycles. The topological polar surface area (TPSA) is 83.5 Å². The van der Waals surface area contributed by atoms with Crippen LogP contribution in [0.25, 0.3) is 0 Å². The Morgan fingerprint density at radius 3 is 1.88 bits per heavy atom. The molecule has 0 atom stereocenters. The Morgan fingerprint density at radius 2 is 1.42 bits per heavy atom. The maximum Gasteiger partial charge on any atom is 0.286 e. The predicted molar refractivity (Wildman–Crippen MR) is 96.1 cm³/mol. The molecule has 2 aromatic rings. The van der Waals surface area contributed by atoms with Crippen LogP contribution < -0.4 is 4.90 Å². The summed E-state index contributed by atoms with van der Waals surface area (Å²) >= 11 is 0. The minimum Gasteiger partial charge on any atom is -0.339 e. The molecule has 0 bridgehead atoms. The molecule has 0 aliphatic carbocycles. The van der Waals surface area contributed by atoms with Gasteiger partial charge in [-0.2, -0.15) is 0 Å². The van der Waals surface area contributed by atoms with Gasteiger partial charge >= 0.3 is 0 Å². The van der Waals surface area contributed by atoms with Crippen LogP contribution in [0.4, 0.5) is 5.69 Å². The third-order valence-corrected chi connectivity index (χ3v) is 4.16. The Bertz CT molecular complexity index is 807. The Kier molecular flexibility index (Phi) is 5.06. The number of aromatic nitrogens is 2. The Labute approximate surface area is 151 Å². The van der Waals surface area contributed by atoms with Gasteiger partial charge in [-0.05, 0) is 37.1 Å². The molecule has 0 unspecified atom stereocenters. The summed E-state index contributed by atoms with van der Waals surface area (Å²) in [6.45, 7) is 5.46. The van der Waals surface area contributed by atoms with E-state index in [4.69, 9.17) is 0 Å². The lowest BCUT2D eigenvalue weighted by Gasteiger charge is -2.22. The van der Waals surface area contributed by atoms with E-state index in [1.54, 1.807) is 24.3 Å². The number of nitrogens with zero attached hydrogens (tertiary/aromatic N) is 4. The number of carbonyl (C=O) groups is 3. The molecule has 0 radical (unpaired) electrons. The quantitative estimate of drug-likeness (QED) is 0.746. The van der Waals surface area contributed by atoms with Crippen molar-refractivity contribution in [3.63, 3.8) is 0 Å². The smallest absolute Gasteiger partial charge is 0.286 e. The van der Waals surface area contributed by atoms with Gasteiger partial charge in [-0.15, -0.1) is 0 Å². The summed E-state index contributed by atoms with van der Waals surface area (Å²) in [6.07, 6.45) is 4.54. The van der Waals surface area contributed by atoms with E-state index >= 15 is 0 Å². The second-order valence-corrected chi connectivity index (χ2v) is 6.04. The number of rotatable bonds is 6. The Balaban J connectivity index is 1.83. The number of hydrogen-bond acceptors (Lipinski definition) is 5. The predicted octanol–water partition coefficient (Wildman–Crippen LogP) is 2.54. The van der Waals surface area contributed by atoms with Crippen LogP contribution in [0.5, 0.6) is 0 Å². The Morgan fingerprint density at radius 1 is 0.923 bits per heavy atom. The molecule has 0 N–H and O–H groups in total. The number of amides is 3.